The summed E-state index contributed by atoms with van der Waals surface area (Å²) in [5.74, 6) is 0.799. The van der Waals surface area contributed by atoms with Crippen LogP contribution < -0.4 is 0 Å². The summed E-state index contributed by atoms with van der Waals surface area (Å²) < 4.78 is 0. The van der Waals surface area contributed by atoms with Gasteiger partial charge in [0.05, 0.1) is 6.42 Å². The predicted molar refractivity (Wildman–Crippen MR) is 52.5 cm³/mol. The number of hydrogen-bond acceptors (Lipinski definition) is 4. The number of carbonyl (C=O) groups excluding carboxylic acids is 1. The Balaban J connectivity index is 3.01. The molecule has 0 aromatic carbocycles. The molecule has 0 aromatic rings. The maximum absolute atomic E-state index is 10.5. The van der Waals surface area contributed by atoms with Crippen LogP contribution >= 0.6 is 21.6 Å². The van der Waals surface area contributed by atoms with E-state index in [1.54, 1.807) is 17.7 Å². The van der Waals surface area contributed by atoms with Gasteiger partial charge in [0.2, 0.25) is 0 Å². The van der Waals surface area contributed by atoms with Crippen LogP contribution in [0.1, 0.15) is 19.8 Å². The van der Waals surface area contributed by atoms with Crippen LogP contribution in [0.2, 0.25) is 0 Å². The van der Waals surface area contributed by atoms with Gasteiger partial charge in [0.25, 0.3) is 0 Å². The van der Waals surface area contributed by atoms with Crippen molar-refractivity contribution < 1.29 is 14.7 Å². The number of carboxylic acids is 1. The molecule has 0 unspecified atom stereocenters. The maximum Gasteiger partial charge on any atom is 0.304 e. The summed E-state index contributed by atoms with van der Waals surface area (Å²) in [6.45, 7) is 1.56. The van der Waals surface area contributed by atoms with Crippen molar-refractivity contribution in [2.24, 2.45) is 0 Å². The monoisotopic (exact) mass is 208 g/mol. The molecule has 0 atom stereocenters. The smallest absolute Gasteiger partial charge is 0.304 e. The molecule has 0 aromatic heterocycles. The molecule has 5 heteroatoms. The van der Waals surface area contributed by atoms with Crippen molar-refractivity contribution in [1.82, 2.24) is 0 Å². The Bertz CT molecular complexity index is 141. The number of hydrogen-bond donors (Lipinski definition) is 1. The minimum atomic E-state index is -0.769. The first-order valence-electron chi connectivity index (χ1n) is 3.58. The minimum Gasteiger partial charge on any atom is -0.481 e. The maximum atomic E-state index is 10.5. The number of carbonyl (C=O) groups is 2. The molecule has 1 N–H and O–H groups in total. The van der Waals surface area contributed by atoms with E-state index in [-0.39, 0.29) is 12.2 Å². The molecule has 0 aliphatic heterocycles. The Morgan fingerprint density at radius 1 is 1.17 bits per heavy atom. The topological polar surface area (TPSA) is 54.4 Å². The molecule has 0 saturated heterocycles. The molecule has 0 rings (SSSR count). The van der Waals surface area contributed by atoms with Gasteiger partial charge in [0.15, 0.2) is 0 Å². The second kappa shape index (κ2) is 7.49. The molecular formula is C7H12O3S2. The molecule has 0 fully saturated rings. The van der Waals surface area contributed by atoms with Crippen molar-refractivity contribution >= 4 is 33.3 Å². The number of rotatable bonds is 7. The average molecular weight is 208 g/mol. The van der Waals surface area contributed by atoms with Crippen molar-refractivity contribution in [3.05, 3.63) is 0 Å². The lowest BCUT2D eigenvalue weighted by Gasteiger charge is -1.96. The van der Waals surface area contributed by atoms with Crippen molar-refractivity contribution in [3.8, 4) is 0 Å². The van der Waals surface area contributed by atoms with Crippen LogP contribution in [0.15, 0.2) is 0 Å². The first-order chi connectivity index (χ1) is 5.63. The zero-order valence-corrected chi connectivity index (χ0v) is 8.54. The van der Waals surface area contributed by atoms with E-state index in [1.165, 1.54) is 10.8 Å². The number of ketones is 1. The van der Waals surface area contributed by atoms with Gasteiger partial charge in [0.1, 0.15) is 5.78 Å². The van der Waals surface area contributed by atoms with E-state index < -0.39 is 5.97 Å². The highest BCUT2D eigenvalue weighted by Gasteiger charge is 1.97. The molecule has 12 heavy (non-hydrogen) atoms. The number of aliphatic carboxylic acids is 1. The van der Waals surface area contributed by atoms with Crippen LogP contribution in [0.25, 0.3) is 0 Å². The summed E-state index contributed by atoms with van der Waals surface area (Å²) in [5.41, 5.74) is 0. The van der Waals surface area contributed by atoms with E-state index in [2.05, 4.69) is 0 Å². The number of Topliss-reactive ketones (excluding diaryl/α,β-unsaturated/α-hetero) is 1. The Labute approximate surface area is 79.7 Å². The Morgan fingerprint density at radius 3 is 2.08 bits per heavy atom. The zero-order chi connectivity index (χ0) is 9.40. The lowest BCUT2D eigenvalue weighted by atomic mass is 10.4. The van der Waals surface area contributed by atoms with Crippen LogP contribution in [0.5, 0.6) is 0 Å². The molecule has 0 aliphatic carbocycles. The molecule has 0 heterocycles. The van der Waals surface area contributed by atoms with Gasteiger partial charge in [-0.3, -0.25) is 9.59 Å². The Morgan fingerprint density at radius 2 is 1.67 bits per heavy atom. The van der Waals surface area contributed by atoms with E-state index in [1.807, 2.05) is 0 Å². The van der Waals surface area contributed by atoms with Crippen molar-refractivity contribution in [2.45, 2.75) is 19.8 Å². The summed E-state index contributed by atoms with van der Waals surface area (Å²) >= 11 is 0. The minimum absolute atomic E-state index is 0.182. The summed E-state index contributed by atoms with van der Waals surface area (Å²) in [7, 11) is 3.06. The fourth-order valence-corrected chi connectivity index (χ4v) is 2.50. The fraction of sp³-hybridized carbons (Fsp3) is 0.714. The van der Waals surface area contributed by atoms with Gasteiger partial charge in [-0.1, -0.05) is 21.6 Å². The van der Waals surface area contributed by atoms with Crippen LogP contribution in [-0.2, 0) is 9.59 Å². The average Bonchev–Trinajstić information content (AvgIpc) is 1.95. The second-order valence-corrected chi connectivity index (χ2v) is 4.94. The molecular weight excluding hydrogens is 196 g/mol. The van der Waals surface area contributed by atoms with Crippen LogP contribution in [-0.4, -0.2) is 28.4 Å². The third kappa shape index (κ3) is 9.84. The molecule has 0 saturated carbocycles. The summed E-state index contributed by atoms with van der Waals surface area (Å²) in [5, 5.41) is 8.28. The second-order valence-electron chi connectivity index (χ2n) is 2.24. The van der Waals surface area contributed by atoms with Gasteiger partial charge in [-0.15, -0.1) is 0 Å². The number of carboxylic acid groups (broad SMARTS) is 1. The summed E-state index contributed by atoms with van der Waals surface area (Å²) in [6, 6.07) is 0. The Kier molecular flexibility index (Phi) is 7.39. The first kappa shape index (κ1) is 11.8. The summed E-state index contributed by atoms with van der Waals surface area (Å²) in [6.07, 6.45) is 0.766. The third-order valence-corrected chi connectivity index (χ3v) is 3.43. The zero-order valence-electron chi connectivity index (χ0n) is 6.91. The van der Waals surface area contributed by atoms with Gasteiger partial charge < -0.3 is 5.11 Å². The molecule has 3 nitrogen and oxygen atoms in total. The van der Waals surface area contributed by atoms with Crippen molar-refractivity contribution in [2.75, 3.05) is 11.5 Å². The highest BCUT2D eigenvalue weighted by Crippen LogP contribution is 2.22. The molecule has 0 radical (unpaired) electrons. The molecule has 70 valence electrons. The van der Waals surface area contributed by atoms with E-state index in [0.717, 1.165) is 5.75 Å². The third-order valence-electron chi connectivity index (χ3n) is 1.02. The van der Waals surface area contributed by atoms with Gasteiger partial charge in [0, 0.05) is 17.9 Å². The normalized spacial score (nSPS) is 9.75. The van der Waals surface area contributed by atoms with E-state index in [4.69, 9.17) is 5.11 Å². The van der Waals surface area contributed by atoms with E-state index >= 15 is 0 Å². The molecule has 0 amide bonds. The molecule has 0 aliphatic rings. The highest BCUT2D eigenvalue weighted by atomic mass is 33.1. The highest BCUT2D eigenvalue weighted by molar-refractivity contribution is 8.76. The summed E-state index contributed by atoms with van der Waals surface area (Å²) in [4.78, 5) is 20.5. The quantitative estimate of drug-likeness (QED) is 0.511. The van der Waals surface area contributed by atoms with Crippen molar-refractivity contribution in [3.63, 3.8) is 0 Å². The van der Waals surface area contributed by atoms with E-state index in [9.17, 15) is 9.59 Å². The Hall–Kier alpha value is -0.160. The van der Waals surface area contributed by atoms with Gasteiger partial charge >= 0.3 is 5.97 Å². The predicted octanol–water partition coefficient (Wildman–Crippen LogP) is 1.82. The standard InChI is InChI=1S/C7H12O3S2/c1-6(8)2-4-11-12-5-3-7(9)10/h2-5H2,1H3,(H,9,10). The van der Waals surface area contributed by atoms with Crippen LogP contribution in [0, 0.1) is 0 Å². The first-order valence-corrected chi connectivity index (χ1v) is 6.07. The van der Waals surface area contributed by atoms with Crippen LogP contribution in [0.4, 0.5) is 0 Å². The van der Waals surface area contributed by atoms with Gasteiger partial charge in [-0.25, -0.2) is 0 Å². The molecule has 0 bridgehead atoms. The fourth-order valence-electron chi connectivity index (χ4n) is 0.432. The van der Waals surface area contributed by atoms with Crippen LogP contribution in [0.3, 0.4) is 0 Å². The lowest BCUT2D eigenvalue weighted by molar-refractivity contribution is -0.136. The van der Waals surface area contributed by atoms with Gasteiger partial charge in [-0.2, -0.15) is 0 Å². The van der Waals surface area contributed by atoms with Gasteiger partial charge in [-0.05, 0) is 6.92 Å². The largest absolute Gasteiger partial charge is 0.481 e. The molecule has 0 spiro atoms. The van der Waals surface area contributed by atoms with Crippen molar-refractivity contribution in [1.29, 1.82) is 0 Å². The lowest BCUT2D eigenvalue weighted by Crippen LogP contribution is -1.95. The SMILES string of the molecule is CC(=O)CCSSCCC(=O)O. The van der Waals surface area contributed by atoms with E-state index in [0.29, 0.717) is 12.2 Å².